The maximum Gasteiger partial charge on any atom is 0.326 e. The summed E-state index contributed by atoms with van der Waals surface area (Å²) in [6, 6.07) is 2.35. The Morgan fingerprint density at radius 3 is 2.90 bits per heavy atom. The second-order valence-corrected chi connectivity index (χ2v) is 4.51. The monoisotopic (exact) mass is 314 g/mol. The van der Waals surface area contributed by atoms with Gasteiger partial charge in [-0.1, -0.05) is 11.6 Å². The third-order valence-electron chi connectivity index (χ3n) is 2.76. The van der Waals surface area contributed by atoms with E-state index in [2.05, 4.69) is 0 Å². The largest absolute Gasteiger partial charge is 0.481 e. The summed E-state index contributed by atoms with van der Waals surface area (Å²) >= 11 is 5.82. The Kier molecular flexibility index (Phi) is 4.27. The lowest BCUT2D eigenvalue weighted by Gasteiger charge is -2.28. The van der Waals surface area contributed by atoms with Crippen LogP contribution in [0.2, 0.25) is 5.02 Å². The SMILES string of the molecule is CCOC(=O)CN1C(=O)COc2cc([N+](=O)[O-])c(Cl)cc21. The molecule has 1 aromatic rings. The number of ether oxygens (including phenoxy) is 2. The number of nitro groups is 1. The fraction of sp³-hybridized carbons (Fsp3) is 0.333. The van der Waals surface area contributed by atoms with Crippen LogP contribution in [0.15, 0.2) is 12.1 Å². The zero-order valence-electron chi connectivity index (χ0n) is 11.0. The Morgan fingerprint density at radius 1 is 1.57 bits per heavy atom. The second kappa shape index (κ2) is 5.96. The highest BCUT2D eigenvalue weighted by molar-refractivity contribution is 6.33. The zero-order valence-corrected chi connectivity index (χ0v) is 11.8. The summed E-state index contributed by atoms with van der Waals surface area (Å²) < 4.78 is 9.93. The number of anilines is 1. The van der Waals surface area contributed by atoms with E-state index in [1.807, 2.05) is 0 Å². The van der Waals surface area contributed by atoms with Crippen LogP contribution in [0.3, 0.4) is 0 Å². The molecule has 1 amide bonds. The number of hydrogen-bond donors (Lipinski definition) is 0. The molecule has 0 spiro atoms. The minimum Gasteiger partial charge on any atom is -0.481 e. The molecule has 2 rings (SSSR count). The van der Waals surface area contributed by atoms with Gasteiger partial charge in [-0.25, -0.2) is 0 Å². The molecule has 0 unspecified atom stereocenters. The lowest BCUT2D eigenvalue weighted by atomic mass is 10.2. The molecule has 112 valence electrons. The van der Waals surface area contributed by atoms with Gasteiger partial charge in [0.15, 0.2) is 12.4 Å². The summed E-state index contributed by atoms with van der Waals surface area (Å²) in [5.74, 6) is -0.927. The van der Waals surface area contributed by atoms with Gasteiger partial charge in [-0.05, 0) is 13.0 Å². The van der Waals surface area contributed by atoms with Crippen molar-refractivity contribution in [2.45, 2.75) is 6.92 Å². The van der Waals surface area contributed by atoms with E-state index in [1.165, 1.54) is 6.07 Å². The van der Waals surface area contributed by atoms with Gasteiger partial charge in [0.05, 0.1) is 23.3 Å². The fourth-order valence-electron chi connectivity index (χ4n) is 1.86. The van der Waals surface area contributed by atoms with Crippen LogP contribution in [0.4, 0.5) is 11.4 Å². The van der Waals surface area contributed by atoms with E-state index in [4.69, 9.17) is 21.1 Å². The van der Waals surface area contributed by atoms with Crippen molar-refractivity contribution in [1.82, 2.24) is 0 Å². The molecule has 0 saturated heterocycles. The molecule has 0 bridgehead atoms. The highest BCUT2D eigenvalue weighted by Gasteiger charge is 2.30. The van der Waals surface area contributed by atoms with Crippen molar-refractivity contribution >= 4 is 34.9 Å². The third-order valence-corrected chi connectivity index (χ3v) is 3.06. The van der Waals surface area contributed by atoms with Crippen molar-refractivity contribution in [3.8, 4) is 5.75 Å². The molecule has 1 aliphatic heterocycles. The van der Waals surface area contributed by atoms with E-state index in [0.717, 1.165) is 11.0 Å². The third kappa shape index (κ3) is 3.05. The van der Waals surface area contributed by atoms with Crippen LogP contribution in [-0.2, 0) is 14.3 Å². The second-order valence-electron chi connectivity index (χ2n) is 4.10. The van der Waals surface area contributed by atoms with E-state index in [1.54, 1.807) is 6.92 Å². The number of carbonyl (C=O) groups excluding carboxylic acids is 2. The van der Waals surface area contributed by atoms with Gasteiger partial charge in [0, 0.05) is 0 Å². The Hall–Kier alpha value is -2.35. The van der Waals surface area contributed by atoms with Gasteiger partial charge in [-0.3, -0.25) is 24.6 Å². The van der Waals surface area contributed by atoms with Crippen molar-refractivity contribution in [1.29, 1.82) is 0 Å². The van der Waals surface area contributed by atoms with Crippen LogP contribution in [0.25, 0.3) is 0 Å². The average Bonchev–Trinajstić information content (AvgIpc) is 2.42. The molecule has 0 saturated carbocycles. The van der Waals surface area contributed by atoms with Crippen molar-refractivity contribution in [3.05, 3.63) is 27.3 Å². The molecule has 1 aromatic carbocycles. The molecule has 1 aliphatic rings. The van der Waals surface area contributed by atoms with Crippen LogP contribution in [0.5, 0.6) is 5.75 Å². The maximum absolute atomic E-state index is 11.8. The van der Waals surface area contributed by atoms with Crippen molar-refractivity contribution in [2.24, 2.45) is 0 Å². The molecule has 0 aliphatic carbocycles. The Morgan fingerprint density at radius 2 is 2.29 bits per heavy atom. The first kappa shape index (κ1) is 15.0. The number of nitrogens with zero attached hydrogens (tertiary/aromatic N) is 2. The first-order chi connectivity index (χ1) is 9.93. The Balaban J connectivity index is 2.38. The number of carbonyl (C=O) groups is 2. The molecule has 1 heterocycles. The normalized spacial score (nSPS) is 13.4. The molecule has 0 radical (unpaired) electrons. The fourth-order valence-corrected chi connectivity index (χ4v) is 2.09. The van der Waals surface area contributed by atoms with Crippen molar-refractivity contribution in [2.75, 3.05) is 24.7 Å². The van der Waals surface area contributed by atoms with E-state index in [0.29, 0.717) is 0 Å². The minimum atomic E-state index is -0.655. The molecular formula is C12H11ClN2O6. The summed E-state index contributed by atoms with van der Waals surface area (Å²) in [7, 11) is 0. The molecular weight excluding hydrogens is 304 g/mol. The summed E-state index contributed by atoms with van der Waals surface area (Å²) in [4.78, 5) is 34.7. The Bertz CT molecular complexity index is 618. The zero-order chi connectivity index (χ0) is 15.6. The van der Waals surface area contributed by atoms with Crippen LogP contribution in [-0.4, -0.2) is 36.6 Å². The summed E-state index contributed by atoms with van der Waals surface area (Å²) in [6.45, 7) is 1.21. The average molecular weight is 315 g/mol. The van der Waals surface area contributed by atoms with E-state index in [-0.39, 0.29) is 41.9 Å². The number of hydrogen-bond acceptors (Lipinski definition) is 6. The first-order valence-electron chi connectivity index (χ1n) is 6.00. The maximum atomic E-state index is 11.8. The van der Waals surface area contributed by atoms with Gasteiger partial charge in [-0.2, -0.15) is 0 Å². The smallest absolute Gasteiger partial charge is 0.326 e. The lowest BCUT2D eigenvalue weighted by molar-refractivity contribution is -0.384. The summed E-state index contributed by atoms with van der Waals surface area (Å²) in [6.07, 6.45) is 0. The van der Waals surface area contributed by atoms with Crippen molar-refractivity contribution < 1.29 is 24.0 Å². The van der Waals surface area contributed by atoms with Gasteiger partial charge in [-0.15, -0.1) is 0 Å². The standard InChI is InChI=1S/C12H11ClN2O6/c1-2-20-12(17)5-14-9-3-7(13)8(15(18)19)4-10(9)21-6-11(14)16/h3-4H,2,5-6H2,1H3. The number of rotatable bonds is 4. The Labute approximate surface area is 124 Å². The van der Waals surface area contributed by atoms with Gasteiger partial charge >= 0.3 is 5.97 Å². The summed E-state index contributed by atoms with van der Waals surface area (Å²) in [5, 5.41) is 10.7. The van der Waals surface area contributed by atoms with Crippen LogP contribution in [0.1, 0.15) is 6.92 Å². The molecule has 0 aromatic heterocycles. The predicted octanol–water partition coefficient (Wildman–Crippen LogP) is 1.54. The van der Waals surface area contributed by atoms with Crippen molar-refractivity contribution in [3.63, 3.8) is 0 Å². The number of amides is 1. The van der Waals surface area contributed by atoms with Crippen LogP contribution in [0, 0.1) is 10.1 Å². The first-order valence-corrected chi connectivity index (χ1v) is 6.38. The number of esters is 1. The topological polar surface area (TPSA) is 99.0 Å². The van der Waals surface area contributed by atoms with Crippen LogP contribution < -0.4 is 9.64 Å². The predicted molar refractivity (Wildman–Crippen MR) is 72.6 cm³/mol. The molecule has 8 nitrogen and oxygen atoms in total. The highest BCUT2D eigenvalue weighted by atomic mass is 35.5. The van der Waals surface area contributed by atoms with Gasteiger partial charge in [0.1, 0.15) is 11.6 Å². The molecule has 9 heteroatoms. The molecule has 0 atom stereocenters. The minimum absolute atomic E-state index is 0.120. The van der Waals surface area contributed by atoms with Gasteiger partial charge in [0.25, 0.3) is 11.6 Å². The molecule has 0 fully saturated rings. The molecule has 21 heavy (non-hydrogen) atoms. The van der Waals surface area contributed by atoms with Gasteiger partial charge in [0.2, 0.25) is 0 Å². The number of halogens is 1. The number of benzene rings is 1. The number of nitro benzene ring substituents is 1. The van der Waals surface area contributed by atoms with E-state index in [9.17, 15) is 19.7 Å². The van der Waals surface area contributed by atoms with E-state index >= 15 is 0 Å². The quantitative estimate of drug-likeness (QED) is 0.475. The number of fused-ring (bicyclic) bond motifs is 1. The lowest BCUT2D eigenvalue weighted by Crippen LogP contribution is -2.42. The van der Waals surface area contributed by atoms with E-state index < -0.39 is 16.8 Å². The highest BCUT2D eigenvalue weighted by Crippen LogP contribution is 2.39. The summed E-state index contributed by atoms with van der Waals surface area (Å²) in [5.41, 5.74) is -0.129. The molecule has 0 N–H and O–H groups in total. The van der Waals surface area contributed by atoms with Gasteiger partial charge < -0.3 is 9.47 Å². The van der Waals surface area contributed by atoms with Crippen LogP contribution >= 0.6 is 11.6 Å².